The number of methoxy groups -OCH3 is 1. The van der Waals surface area contributed by atoms with Crippen LogP contribution in [0, 0.1) is 10.1 Å². The quantitative estimate of drug-likeness (QED) is 0.539. The van der Waals surface area contributed by atoms with Crippen molar-refractivity contribution in [2.24, 2.45) is 0 Å². The van der Waals surface area contributed by atoms with E-state index in [1.54, 1.807) is 0 Å². The van der Waals surface area contributed by atoms with E-state index in [-0.39, 0.29) is 15.9 Å². The minimum absolute atomic E-state index is 0.198. The number of nitro benzene ring substituents is 1. The summed E-state index contributed by atoms with van der Waals surface area (Å²) in [7, 11) is -3.29. The minimum atomic E-state index is -4.70. The first-order chi connectivity index (χ1) is 12.0. The van der Waals surface area contributed by atoms with Crippen LogP contribution in [0.1, 0.15) is 5.56 Å². The van der Waals surface area contributed by atoms with E-state index in [0.717, 1.165) is 37.4 Å². The van der Waals surface area contributed by atoms with Gasteiger partial charge in [-0.3, -0.25) is 14.8 Å². The average Bonchev–Trinajstić information content (AvgIpc) is 2.54. The van der Waals surface area contributed by atoms with Crippen LogP contribution in [0.4, 0.5) is 24.5 Å². The van der Waals surface area contributed by atoms with E-state index >= 15 is 0 Å². The number of anilines is 1. The molecule has 0 fully saturated rings. The lowest BCUT2D eigenvalue weighted by Crippen LogP contribution is -2.15. The second-order valence-electron chi connectivity index (χ2n) is 4.89. The van der Waals surface area contributed by atoms with Gasteiger partial charge in [0.2, 0.25) is 0 Å². The maximum absolute atomic E-state index is 12.9. The molecule has 2 aromatic carbocycles. The lowest BCUT2D eigenvalue weighted by atomic mass is 10.2. The van der Waals surface area contributed by atoms with Crippen molar-refractivity contribution >= 4 is 37.3 Å². The van der Waals surface area contributed by atoms with Crippen LogP contribution in [0.3, 0.4) is 0 Å². The molecule has 0 amide bonds. The first kappa shape index (κ1) is 20.0. The number of nitrogens with one attached hydrogen (secondary N) is 1. The van der Waals surface area contributed by atoms with Crippen LogP contribution in [0.25, 0.3) is 0 Å². The maximum atomic E-state index is 12.9. The smallest absolute Gasteiger partial charge is 0.417 e. The minimum Gasteiger partial charge on any atom is -0.495 e. The van der Waals surface area contributed by atoms with Gasteiger partial charge in [0.1, 0.15) is 10.6 Å². The van der Waals surface area contributed by atoms with E-state index in [2.05, 4.69) is 15.9 Å². The van der Waals surface area contributed by atoms with Gasteiger partial charge in [0.25, 0.3) is 15.7 Å². The molecule has 0 aliphatic heterocycles. The fourth-order valence-electron chi connectivity index (χ4n) is 2.01. The Morgan fingerprint density at radius 1 is 1.19 bits per heavy atom. The molecule has 0 aromatic heterocycles. The number of non-ortho nitro benzene ring substituents is 1. The SMILES string of the molecule is COc1ccc([N+](=O)[O-])cc1S(=O)(=O)Nc1ccc(Br)c(C(F)(F)F)c1. The number of sulfonamides is 1. The molecule has 0 saturated carbocycles. The molecule has 1 N–H and O–H groups in total. The Morgan fingerprint density at radius 2 is 1.85 bits per heavy atom. The third kappa shape index (κ3) is 4.25. The second-order valence-corrected chi connectivity index (χ2v) is 7.40. The normalized spacial score (nSPS) is 11.9. The zero-order valence-corrected chi connectivity index (χ0v) is 15.3. The number of nitro groups is 1. The summed E-state index contributed by atoms with van der Waals surface area (Å²) >= 11 is 2.75. The highest BCUT2D eigenvalue weighted by Crippen LogP contribution is 2.37. The molecule has 0 saturated heterocycles. The summed E-state index contributed by atoms with van der Waals surface area (Å²) < 4.78 is 70.4. The summed E-state index contributed by atoms with van der Waals surface area (Å²) in [5, 5.41) is 10.8. The van der Waals surface area contributed by atoms with E-state index in [1.807, 2.05) is 4.72 Å². The summed E-state index contributed by atoms with van der Waals surface area (Å²) in [5.74, 6) is -0.198. The largest absolute Gasteiger partial charge is 0.495 e. The zero-order valence-electron chi connectivity index (χ0n) is 12.9. The molecule has 0 aliphatic carbocycles. The zero-order chi connectivity index (χ0) is 19.7. The number of nitrogens with zero attached hydrogens (tertiary/aromatic N) is 1. The van der Waals surface area contributed by atoms with Crippen molar-refractivity contribution in [2.75, 3.05) is 11.8 Å². The highest BCUT2D eigenvalue weighted by atomic mass is 79.9. The van der Waals surface area contributed by atoms with Crippen LogP contribution < -0.4 is 9.46 Å². The van der Waals surface area contributed by atoms with Crippen molar-refractivity contribution in [1.29, 1.82) is 0 Å². The fourth-order valence-corrected chi connectivity index (χ4v) is 3.72. The molecule has 0 bridgehead atoms. The maximum Gasteiger partial charge on any atom is 0.417 e. The molecule has 0 spiro atoms. The monoisotopic (exact) mass is 454 g/mol. The van der Waals surface area contributed by atoms with Crippen LogP contribution in [-0.4, -0.2) is 20.5 Å². The standard InChI is InChI=1S/C14H10BrF3N2O5S/c1-25-12-5-3-9(20(21)22)7-13(12)26(23,24)19-8-2-4-11(15)10(6-8)14(16,17)18/h2-7,19H,1H3. The molecule has 0 heterocycles. The molecule has 26 heavy (non-hydrogen) atoms. The van der Waals surface area contributed by atoms with Crippen molar-refractivity contribution in [3.8, 4) is 5.75 Å². The highest BCUT2D eigenvalue weighted by molar-refractivity contribution is 9.10. The number of ether oxygens (including phenoxy) is 1. The van der Waals surface area contributed by atoms with Gasteiger partial charge in [-0.1, -0.05) is 15.9 Å². The Bertz CT molecular complexity index is 964. The van der Waals surface area contributed by atoms with Crippen LogP contribution in [0.15, 0.2) is 45.8 Å². The van der Waals surface area contributed by atoms with E-state index < -0.39 is 37.3 Å². The van der Waals surface area contributed by atoms with Crippen LogP contribution in [-0.2, 0) is 16.2 Å². The summed E-state index contributed by atoms with van der Waals surface area (Å²) in [6.07, 6.45) is -4.70. The van der Waals surface area contributed by atoms with Gasteiger partial charge in [-0.15, -0.1) is 0 Å². The number of alkyl halides is 3. The highest BCUT2D eigenvalue weighted by Gasteiger charge is 2.33. The Balaban J connectivity index is 2.50. The molecule has 2 rings (SSSR count). The van der Waals surface area contributed by atoms with Gasteiger partial charge >= 0.3 is 6.18 Å². The fraction of sp³-hybridized carbons (Fsp3) is 0.143. The lowest BCUT2D eigenvalue weighted by molar-refractivity contribution is -0.385. The molecular formula is C14H10BrF3N2O5S. The third-order valence-corrected chi connectivity index (χ3v) is 5.27. The molecule has 0 unspecified atom stereocenters. The van der Waals surface area contributed by atoms with E-state index in [0.29, 0.717) is 6.07 Å². The molecule has 2 aromatic rings. The van der Waals surface area contributed by atoms with Gasteiger partial charge in [0.05, 0.1) is 17.6 Å². The molecule has 140 valence electrons. The van der Waals surface area contributed by atoms with Crippen LogP contribution in [0.2, 0.25) is 0 Å². The molecule has 0 radical (unpaired) electrons. The summed E-state index contributed by atoms with van der Waals surface area (Å²) in [6, 6.07) is 5.62. The van der Waals surface area contributed by atoms with Gasteiger partial charge in [-0.25, -0.2) is 8.42 Å². The van der Waals surface area contributed by atoms with Crippen molar-refractivity contribution in [2.45, 2.75) is 11.1 Å². The first-order valence-corrected chi connectivity index (χ1v) is 8.95. The van der Waals surface area contributed by atoms with Crippen molar-refractivity contribution in [3.63, 3.8) is 0 Å². The topological polar surface area (TPSA) is 98.5 Å². The molecule has 0 aliphatic rings. The van der Waals surface area contributed by atoms with E-state index in [1.165, 1.54) is 0 Å². The average molecular weight is 455 g/mol. The Morgan fingerprint density at radius 3 is 2.38 bits per heavy atom. The predicted molar refractivity (Wildman–Crippen MR) is 89.6 cm³/mol. The second kappa shape index (κ2) is 7.11. The van der Waals surface area contributed by atoms with Gasteiger partial charge in [0, 0.05) is 22.3 Å². The van der Waals surface area contributed by atoms with Gasteiger partial charge in [-0.2, -0.15) is 13.2 Å². The number of rotatable bonds is 5. The van der Waals surface area contributed by atoms with Crippen molar-refractivity contribution in [3.05, 3.63) is 56.5 Å². The molecule has 7 nitrogen and oxygen atoms in total. The van der Waals surface area contributed by atoms with Gasteiger partial charge in [-0.05, 0) is 24.3 Å². The lowest BCUT2D eigenvalue weighted by Gasteiger charge is -2.14. The third-order valence-electron chi connectivity index (χ3n) is 3.17. The Hall–Kier alpha value is -2.34. The van der Waals surface area contributed by atoms with Crippen LogP contribution >= 0.6 is 15.9 Å². The van der Waals surface area contributed by atoms with Crippen molar-refractivity contribution in [1.82, 2.24) is 0 Å². The Kier molecular flexibility index (Phi) is 5.47. The van der Waals surface area contributed by atoms with E-state index in [4.69, 9.17) is 4.74 Å². The first-order valence-electron chi connectivity index (χ1n) is 6.67. The van der Waals surface area contributed by atoms with E-state index in [9.17, 15) is 31.7 Å². The predicted octanol–water partition coefficient (Wildman–Crippen LogP) is 4.19. The van der Waals surface area contributed by atoms with Crippen molar-refractivity contribution < 1.29 is 31.2 Å². The molecule has 0 atom stereocenters. The molecular weight excluding hydrogens is 445 g/mol. The molecule has 12 heteroatoms. The summed E-state index contributed by atoms with van der Waals surface area (Å²) in [4.78, 5) is 9.47. The number of benzene rings is 2. The number of hydrogen-bond acceptors (Lipinski definition) is 5. The Labute approximate surface area is 154 Å². The number of halogens is 4. The van der Waals surface area contributed by atoms with Gasteiger partial charge < -0.3 is 4.74 Å². The van der Waals surface area contributed by atoms with Gasteiger partial charge in [0.15, 0.2) is 0 Å². The number of hydrogen-bond donors (Lipinski definition) is 1. The summed E-state index contributed by atoms with van der Waals surface area (Å²) in [6.45, 7) is 0. The summed E-state index contributed by atoms with van der Waals surface area (Å²) in [5.41, 5.74) is -1.96. The van der Waals surface area contributed by atoms with Crippen LogP contribution in [0.5, 0.6) is 5.75 Å².